The molecule has 0 saturated carbocycles. The summed E-state index contributed by atoms with van der Waals surface area (Å²) in [4.78, 5) is 40.0. The molecule has 0 bridgehead atoms. The van der Waals surface area contributed by atoms with Gasteiger partial charge in [-0.25, -0.2) is 9.59 Å². The van der Waals surface area contributed by atoms with E-state index >= 15 is 0 Å². The normalized spacial score (nSPS) is 20.5. The molecule has 0 unspecified atom stereocenters. The van der Waals surface area contributed by atoms with Gasteiger partial charge in [0.25, 0.3) is 0 Å². The van der Waals surface area contributed by atoms with Gasteiger partial charge in [-0.3, -0.25) is 4.90 Å². The zero-order chi connectivity index (χ0) is 25.7. The summed E-state index contributed by atoms with van der Waals surface area (Å²) in [6.07, 6.45) is 1.42. The molecule has 36 heavy (non-hydrogen) atoms. The van der Waals surface area contributed by atoms with Crippen LogP contribution in [0.5, 0.6) is 0 Å². The van der Waals surface area contributed by atoms with Crippen molar-refractivity contribution >= 4 is 17.6 Å². The number of nitrogens with zero attached hydrogens (tertiary/aromatic N) is 2. The lowest BCUT2D eigenvalue weighted by molar-refractivity contribution is -0.147. The van der Waals surface area contributed by atoms with Crippen molar-refractivity contribution in [3.63, 3.8) is 0 Å². The van der Waals surface area contributed by atoms with Crippen molar-refractivity contribution in [3.05, 3.63) is 93.2 Å². The van der Waals surface area contributed by atoms with Gasteiger partial charge >= 0.3 is 11.9 Å². The number of ether oxygens (including phenoxy) is 2. The molecule has 1 saturated heterocycles. The van der Waals surface area contributed by atoms with Crippen LogP contribution in [0.1, 0.15) is 43.7 Å². The molecule has 4 rings (SSSR count). The van der Waals surface area contributed by atoms with Crippen LogP contribution in [0.4, 0.5) is 5.69 Å². The monoisotopic (exact) mass is 489 g/mol. The standard InChI is InChI=1S/C28H31N3O5/c1-18-24(27(32)35-3)26(21-11-7-12-22(15-21)30-34)25(19(2)29-18)28(33)36-23-13-8-14-31(17-23)16-20-9-5-4-6-10-20/h4-7,9-12,15,23,26,29H,8,13-14,16-17H2,1-3H3/t23-,26-/m1/s1. The first-order chi connectivity index (χ1) is 17.4. The van der Waals surface area contributed by atoms with Gasteiger partial charge in [0, 0.05) is 24.5 Å². The maximum absolute atomic E-state index is 13.6. The number of rotatable bonds is 7. The molecule has 2 aromatic carbocycles. The topological polar surface area (TPSA) is 97.3 Å². The highest BCUT2D eigenvalue weighted by atomic mass is 16.5. The van der Waals surface area contributed by atoms with Crippen LogP contribution in [0.15, 0.2) is 82.3 Å². The second-order valence-electron chi connectivity index (χ2n) is 9.20. The lowest BCUT2D eigenvalue weighted by atomic mass is 9.80. The number of dihydropyridines is 1. The molecule has 2 aliphatic rings. The highest BCUT2D eigenvalue weighted by molar-refractivity contribution is 6.00. The fraction of sp³-hybridized carbons (Fsp3) is 0.357. The van der Waals surface area contributed by atoms with E-state index < -0.39 is 17.9 Å². The Kier molecular flexibility index (Phi) is 7.95. The van der Waals surface area contributed by atoms with Crippen LogP contribution >= 0.6 is 0 Å². The van der Waals surface area contributed by atoms with Gasteiger partial charge in [0.05, 0.1) is 24.2 Å². The summed E-state index contributed by atoms with van der Waals surface area (Å²) in [5.74, 6) is -1.80. The number of esters is 2. The van der Waals surface area contributed by atoms with E-state index in [1.807, 2.05) is 18.2 Å². The molecule has 0 amide bonds. The lowest BCUT2D eigenvalue weighted by Crippen LogP contribution is -2.41. The smallest absolute Gasteiger partial charge is 0.337 e. The number of nitroso groups, excluding NO2 is 1. The third kappa shape index (κ3) is 5.54. The number of nitrogens with one attached hydrogen (secondary N) is 1. The first-order valence-corrected chi connectivity index (χ1v) is 12.1. The Bertz CT molecular complexity index is 1200. The SMILES string of the molecule is COC(=O)C1=C(C)NC(C)=C(C(=O)O[C@@H]2CCCN(Cc3ccccc3)C2)[C@@H]1c1cccc(N=O)c1. The van der Waals surface area contributed by atoms with E-state index in [4.69, 9.17) is 9.47 Å². The van der Waals surface area contributed by atoms with E-state index in [9.17, 15) is 14.5 Å². The van der Waals surface area contributed by atoms with Crippen LogP contribution in [0, 0.1) is 4.91 Å². The molecular formula is C28H31N3O5. The Morgan fingerprint density at radius 3 is 2.44 bits per heavy atom. The minimum atomic E-state index is -0.753. The number of allylic oxidation sites excluding steroid dienone is 2. The first kappa shape index (κ1) is 25.3. The van der Waals surface area contributed by atoms with Crippen molar-refractivity contribution in [2.24, 2.45) is 5.18 Å². The van der Waals surface area contributed by atoms with Crippen molar-refractivity contribution in [2.75, 3.05) is 20.2 Å². The van der Waals surface area contributed by atoms with Crippen molar-refractivity contribution in [2.45, 2.75) is 45.3 Å². The lowest BCUT2D eigenvalue weighted by Gasteiger charge is -2.34. The van der Waals surface area contributed by atoms with Crippen molar-refractivity contribution < 1.29 is 19.1 Å². The predicted molar refractivity (Wildman–Crippen MR) is 136 cm³/mol. The quantitative estimate of drug-likeness (QED) is 0.445. The fourth-order valence-electron chi connectivity index (χ4n) is 5.05. The van der Waals surface area contributed by atoms with E-state index in [2.05, 4.69) is 27.5 Å². The number of piperidine rings is 1. The van der Waals surface area contributed by atoms with Crippen molar-refractivity contribution in [1.82, 2.24) is 10.2 Å². The molecule has 0 aliphatic carbocycles. The van der Waals surface area contributed by atoms with Crippen molar-refractivity contribution in [1.29, 1.82) is 0 Å². The summed E-state index contributed by atoms with van der Waals surface area (Å²) in [7, 11) is 1.30. The third-order valence-corrected chi connectivity index (χ3v) is 6.68. The van der Waals surface area contributed by atoms with Crippen LogP contribution in [0.3, 0.4) is 0 Å². The van der Waals surface area contributed by atoms with E-state index in [0.717, 1.165) is 25.9 Å². The second kappa shape index (κ2) is 11.3. The Hall–Kier alpha value is -3.78. The summed E-state index contributed by atoms with van der Waals surface area (Å²) < 4.78 is 11.1. The fourth-order valence-corrected chi connectivity index (χ4v) is 5.05. The second-order valence-corrected chi connectivity index (χ2v) is 9.20. The largest absolute Gasteiger partial charge is 0.466 e. The number of methoxy groups -OCH3 is 1. The van der Waals surface area contributed by atoms with Crippen LogP contribution in [-0.2, 0) is 25.6 Å². The van der Waals surface area contributed by atoms with Gasteiger partial charge in [0.15, 0.2) is 0 Å². The average molecular weight is 490 g/mol. The van der Waals surface area contributed by atoms with E-state index in [1.54, 1.807) is 38.1 Å². The van der Waals surface area contributed by atoms with Gasteiger partial charge in [0.1, 0.15) is 11.8 Å². The Morgan fingerprint density at radius 1 is 1.03 bits per heavy atom. The molecule has 1 fully saturated rings. The van der Waals surface area contributed by atoms with Gasteiger partial charge in [-0.2, -0.15) is 0 Å². The molecule has 1 N–H and O–H groups in total. The maximum atomic E-state index is 13.6. The van der Waals surface area contributed by atoms with Gasteiger partial charge in [0.2, 0.25) is 0 Å². The zero-order valence-corrected chi connectivity index (χ0v) is 20.8. The van der Waals surface area contributed by atoms with E-state index in [1.165, 1.54) is 12.7 Å². The van der Waals surface area contributed by atoms with Crippen LogP contribution < -0.4 is 5.32 Å². The number of hydrogen-bond donors (Lipinski definition) is 1. The zero-order valence-electron chi connectivity index (χ0n) is 20.8. The van der Waals surface area contributed by atoms with Crippen LogP contribution in [0.2, 0.25) is 0 Å². The molecule has 2 aromatic rings. The van der Waals surface area contributed by atoms with Crippen molar-refractivity contribution in [3.8, 4) is 0 Å². The molecule has 188 valence electrons. The number of likely N-dealkylation sites (tertiary alicyclic amines) is 1. The molecule has 8 nitrogen and oxygen atoms in total. The average Bonchev–Trinajstić information content (AvgIpc) is 2.88. The van der Waals surface area contributed by atoms with Crippen LogP contribution in [0.25, 0.3) is 0 Å². The maximum Gasteiger partial charge on any atom is 0.337 e. The van der Waals surface area contributed by atoms with Gasteiger partial charge in [-0.05, 0) is 61.7 Å². The minimum Gasteiger partial charge on any atom is -0.466 e. The molecule has 2 aliphatic heterocycles. The summed E-state index contributed by atoms with van der Waals surface area (Å²) in [6.45, 7) is 5.91. The molecule has 2 atom stereocenters. The minimum absolute atomic E-state index is 0.210. The summed E-state index contributed by atoms with van der Waals surface area (Å²) in [5.41, 5.74) is 3.81. The Morgan fingerprint density at radius 2 is 1.75 bits per heavy atom. The third-order valence-electron chi connectivity index (χ3n) is 6.68. The Balaban J connectivity index is 1.60. The Labute approximate surface area is 210 Å². The first-order valence-electron chi connectivity index (χ1n) is 12.1. The molecule has 0 aromatic heterocycles. The van der Waals surface area contributed by atoms with E-state index in [-0.39, 0.29) is 11.8 Å². The highest BCUT2D eigenvalue weighted by Gasteiger charge is 2.39. The molecule has 8 heteroatoms. The number of hydrogen-bond acceptors (Lipinski definition) is 8. The highest BCUT2D eigenvalue weighted by Crippen LogP contribution is 2.40. The van der Waals surface area contributed by atoms with Gasteiger partial charge < -0.3 is 14.8 Å². The molecule has 0 radical (unpaired) electrons. The summed E-state index contributed by atoms with van der Waals surface area (Å²) >= 11 is 0. The van der Waals surface area contributed by atoms with Crippen LogP contribution in [-0.4, -0.2) is 43.1 Å². The van der Waals surface area contributed by atoms with Gasteiger partial charge in [-0.15, -0.1) is 4.91 Å². The number of carbonyl (C=O) groups is 2. The number of benzene rings is 2. The molecular weight excluding hydrogens is 458 g/mol. The number of carbonyl (C=O) groups excluding carboxylic acids is 2. The molecule has 2 heterocycles. The summed E-state index contributed by atoms with van der Waals surface area (Å²) in [5, 5.41) is 6.17. The van der Waals surface area contributed by atoms with E-state index in [0.29, 0.717) is 34.6 Å². The predicted octanol–water partition coefficient (Wildman–Crippen LogP) is 4.70. The van der Waals surface area contributed by atoms with Gasteiger partial charge in [-0.1, -0.05) is 42.5 Å². The summed E-state index contributed by atoms with van der Waals surface area (Å²) in [6, 6.07) is 16.8. The molecule has 0 spiro atoms.